The normalized spacial score (nSPS) is 20.5. The van der Waals surface area contributed by atoms with Gasteiger partial charge in [0, 0.05) is 11.7 Å². The van der Waals surface area contributed by atoms with Gasteiger partial charge in [-0.3, -0.25) is 9.69 Å². The number of nitrogens with one attached hydrogen (secondary N) is 1. The van der Waals surface area contributed by atoms with Crippen LogP contribution < -0.4 is 5.32 Å². The van der Waals surface area contributed by atoms with Gasteiger partial charge in [-0.1, -0.05) is 12.5 Å². The molecule has 0 spiro atoms. The molecule has 0 aromatic heterocycles. The molecule has 5 heteroatoms. The van der Waals surface area contributed by atoms with Crippen molar-refractivity contribution in [3.05, 3.63) is 29.8 Å². The van der Waals surface area contributed by atoms with Gasteiger partial charge in [0.1, 0.15) is 0 Å². The third kappa shape index (κ3) is 4.28. The monoisotopic (exact) mass is 287 g/mol. The fourth-order valence-corrected chi connectivity index (χ4v) is 2.81. The molecule has 2 rings (SSSR count). The number of nitriles is 1. The molecule has 2 N–H and O–H groups in total. The second kappa shape index (κ2) is 7.21. The van der Waals surface area contributed by atoms with Crippen molar-refractivity contribution in [2.75, 3.05) is 18.4 Å². The van der Waals surface area contributed by atoms with Crippen LogP contribution in [-0.2, 0) is 4.79 Å². The molecule has 1 aliphatic heterocycles. The van der Waals surface area contributed by atoms with E-state index >= 15 is 0 Å². The first-order chi connectivity index (χ1) is 10.1. The Morgan fingerprint density at radius 1 is 1.57 bits per heavy atom. The van der Waals surface area contributed by atoms with E-state index in [1.165, 1.54) is 0 Å². The number of carbonyl (C=O) groups is 1. The van der Waals surface area contributed by atoms with Gasteiger partial charge in [0.25, 0.3) is 0 Å². The van der Waals surface area contributed by atoms with E-state index in [0.717, 1.165) is 25.8 Å². The lowest BCUT2D eigenvalue weighted by Crippen LogP contribution is -2.48. The van der Waals surface area contributed by atoms with Crippen LogP contribution in [-0.4, -0.2) is 41.1 Å². The van der Waals surface area contributed by atoms with E-state index in [2.05, 4.69) is 5.32 Å². The van der Waals surface area contributed by atoms with Crippen molar-refractivity contribution in [2.45, 2.75) is 38.3 Å². The Morgan fingerprint density at radius 3 is 3.10 bits per heavy atom. The van der Waals surface area contributed by atoms with Gasteiger partial charge < -0.3 is 10.4 Å². The van der Waals surface area contributed by atoms with Crippen LogP contribution in [0.3, 0.4) is 0 Å². The Balaban J connectivity index is 1.95. The van der Waals surface area contributed by atoms with Gasteiger partial charge >= 0.3 is 0 Å². The number of aliphatic hydroxyl groups is 1. The highest BCUT2D eigenvalue weighted by Gasteiger charge is 2.27. The smallest absolute Gasteiger partial charge is 0.238 e. The molecule has 2 unspecified atom stereocenters. The van der Waals surface area contributed by atoms with E-state index < -0.39 is 6.10 Å². The van der Waals surface area contributed by atoms with Crippen LogP contribution in [0.2, 0.25) is 0 Å². The van der Waals surface area contributed by atoms with Crippen molar-refractivity contribution in [1.29, 1.82) is 5.26 Å². The summed E-state index contributed by atoms with van der Waals surface area (Å²) in [5.74, 6) is -0.113. The molecule has 1 aliphatic rings. The quantitative estimate of drug-likeness (QED) is 0.884. The highest BCUT2D eigenvalue weighted by atomic mass is 16.3. The predicted octanol–water partition coefficient (Wildman–Crippen LogP) is 1.73. The maximum absolute atomic E-state index is 12.1. The Labute approximate surface area is 125 Å². The molecule has 1 amide bonds. The number of aliphatic hydroxyl groups excluding tert-OH is 1. The van der Waals surface area contributed by atoms with E-state index in [9.17, 15) is 9.90 Å². The number of rotatable bonds is 4. The number of hydrogen-bond donors (Lipinski definition) is 2. The van der Waals surface area contributed by atoms with E-state index in [0.29, 0.717) is 11.3 Å². The van der Waals surface area contributed by atoms with Crippen LogP contribution in [0.25, 0.3) is 0 Å². The molecule has 0 radical (unpaired) electrons. The third-order valence-corrected chi connectivity index (χ3v) is 3.84. The number of nitrogens with zero attached hydrogens (tertiary/aromatic N) is 2. The molecule has 112 valence electrons. The fraction of sp³-hybridized carbons (Fsp3) is 0.500. The minimum absolute atomic E-state index is 0.0509. The molecular weight excluding hydrogens is 266 g/mol. The maximum atomic E-state index is 12.1. The number of piperidine rings is 1. The van der Waals surface area contributed by atoms with E-state index in [4.69, 9.17) is 5.26 Å². The summed E-state index contributed by atoms with van der Waals surface area (Å²) in [6, 6.07) is 8.96. The molecule has 5 nitrogen and oxygen atoms in total. The highest BCUT2D eigenvalue weighted by Crippen LogP contribution is 2.19. The highest BCUT2D eigenvalue weighted by molar-refractivity contribution is 5.92. The zero-order valence-corrected chi connectivity index (χ0v) is 12.2. The summed E-state index contributed by atoms with van der Waals surface area (Å²) in [5.41, 5.74) is 1.15. The van der Waals surface area contributed by atoms with Crippen molar-refractivity contribution < 1.29 is 9.90 Å². The van der Waals surface area contributed by atoms with Crippen molar-refractivity contribution in [2.24, 2.45) is 0 Å². The molecule has 1 heterocycles. The van der Waals surface area contributed by atoms with Gasteiger partial charge in [-0.2, -0.15) is 5.26 Å². The zero-order valence-electron chi connectivity index (χ0n) is 12.2. The summed E-state index contributed by atoms with van der Waals surface area (Å²) in [4.78, 5) is 14.2. The largest absolute Gasteiger partial charge is 0.392 e. The first-order valence-electron chi connectivity index (χ1n) is 7.32. The second-order valence-corrected chi connectivity index (χ2v) is 5.51. The Bertz CT molecular complexity index is 537. The number of amides is 1. The standard InChI is InChI=1S/C16H21N3O2/c1-12(20)15-7-2-3-8-19(15)11-16(21)18-14-6-4-5-13(9-14)10-17/h4-6,9,12,15,20H,2-3,7-8,11H2,1H3,(H,18,21). The molecule has 1 aromatic carbocycles. The summed E-state index contributed by atoms with van der Waals surface area (Å²) >= 11 is 0. The number of carbonyl (C=O) groups excluding carboxylic acids is 1. The molecule has 1 fully saturated rings. The Hall–Kier alpha value is -1.90. The summed E-state index contributed by atoms with van der Waals surface area (Å²) in [7, 11) is 0. The van der Waals surface area contributed by atoms with Crippen LogP contribution in [0.15, 0.2) is 24.3 Å². The summed E-state index contributed by atoms with van der Waals surface area (Å²) in [6.07, 6.45) is 2.65. The van der Waals surface area contributed by atoms with Crippen molar-refractivity contribution >= 4 is 11.6 Å². The Kier molecular flexibility index (Phi) is 5.32. The molecule has 0 aliphatic carbocycles. The minimum Gasteiger partial charge on any atom is -0.392 e. The van der Waals surface area contributed by atoms with Crippen molar-refractivity contribution in [3.63, 3.8) is 0 Å². The van der Waals surface area contributed by atoms with E-state index in [1.54, 1.807) is 31.2 Å². The first-order valence-corrected chi connectivity index (χ1v) is 7.32. The molecule has 1 aromatic rings. The van der Waals surface area contributed by atoms with Gasteiger partial charge in [-0.25, -0.2) is 0 Å². The van der Waals surface area contributed by atoms with Gasteiger partial charge in [-0.15, -0.1) is 0 Å². The average Bonchev–Trinajstić information content (AvgIpc) is 2.47. The molecule has 1 saturated heterocycles. The molecule has 0 bridgehead atoms. The zero-order chi connectivity index (χ0) is 15.2. The number of anilines is 1. The summed E-state index contributed by atoms with van der Waals surface area (Å²) in [5, 5.41) is 21.5. The third-order valence-electron chi connectivity index (χ3n) is 3.84. The van der Waals surface area contributed by atoms with Crippen molar-refractivity contribution in [3.8, 4) is 6.07 Å². The SMILES string of the molecule is CC(O)C1CCCCN1CC(=O)Nc1cccc(C#N)c1. The van der Waals surface area contributed by atoms with Crippen LogP contribution in [0.1, 0.15) is 31.7 Å². The molecule has 0 saturated carbocycles. The van der Waals surface area contributed by atoms with Crippen LogP contribution in [0.4, 0.5) is 5.69 Å². The van der Waals surface area contributed by atoms with E-state index in [1.807, 2.05) is 11.0 Å². The number of hydrogen-bond acceptors (Lipinski definition) is 4. The molecule has 21 heavy (non-hydrogen) atoms. The second-order valence-electron chi connectivity index (χ2n) is 5.51. The Morgan fingerprint density at radius 2 is 2.38 bits per heavy atom. The fourth-order valence-electron chi connectivity index (χ4n) is 2.81. The summed E-state index contributed by atoms with van der Waals surface area (Å²) < 4.78 is 0. The van der Waals surface area contributed by atoms with Gasteiger partial charge in [-0.05, 0) is 44.5 Å². The van der Waals surface area contributed by atoms with Crippen molar-refractivity contribution in [1.82, 2.24) is 4.90 Å². The average molecular weight is 287 g/mol. The first kappa shape index (κ1) is 15.5. The predicted molar refractivity (Wildman–Crippen MR) is 80.7 cm³/mol. The molecule has 2 atom stereocenters. The van der Waals surface area contributed by atoms with Gasteiger partial charge in [0.05, 0.1) is 24.3 Å². The van der Waals surface area contributed by atoms with Crippen LogP contribution >= 0.6 is 0 Å². The lowest BCUT2D eigenvalue weighted by atomic mass is 9.98. The van der Waals surface area contributed by atoms with Crippen LogP contribution in [0, 0.1) is 11.3 Å². The summed E-state index contributed by atoms with van der Waals surface area (Å²) in [6.45, 7) is 2.88. The van der Waals surface area contributed by atoms with Gasteiger partial charge in [0.15, 0.2) is 0 Å². The lowest BCUT2D eigenvalue weighted by Gasteiger charge is -2.36. The topological polar surface area (TPSA) is 76.4 Å². The van der Waals surface area contributed by atoms with E-state index in [-0.39, 0.29) is 18.5 Å². The minimum atomic E-state index is -0.431. The molecular formula is C16H21N3O2. The maximum Gasteiger partial charge on any atom is 0.238 e. The van der Waals surface area contributed by atoms with Gasteiger partial charge in [0.2, 0.25) is 5.91 Å². The number of benzene rings is 1. The van der Waals surface area contributed by atoms with Crippen LogP contribution in [0.5, 0.6) is 0 Å². The number of likely N-dealkylation sites (tertiary alicyclic amines) is 1. The lowest BCUT2D eigenvalue weighted by molar-refractivity contribution is -0.118.